The number of halogens is 1. The molecule has 34 heavy (non-hydrogen) atoms. The summed E-state index contributed by atoms with van der Waals surface area (Å²) in [5.74, 6) is 1.14. The third-order valence-electron chi connectivity index (χ3n) is 6.41. The van der Waals surface area contributed by atoms with Crippen LogP contribution in [0.3, 0.4) is 0 Å². The van der Waals surface area contributed by atoms with Crippen LogP contribution in [0, 0.1) is 5.92 Å². The first-order chi connectivity index (χ1) is 16.3. The van der Waals surface area contributed by atoms with E-state index in [0.29, 0.717) is 24.2 Å². The standard InChI is InChI=1S/C25H31ClN4O4/c1-25(2,3)34-24(31)30-11-6-9-19(30)22-27-28-23(33-22)20-13-16(14-21(26)32-20)15-29-12-10-17-7-4-5-8-18(17)29/h4-5,7-8,10,12,16,19-21H,6,9,11,13-15H2,1-3H3/t16-,19-,20-,21+/m0/s1. The number of ether oxygens (including phenoxy) is 2. The van der Waals surface area contributed by atoms with E-state index in [1.54, 1.807) is 4.90 Å². The minimum atomic E-state index is -0.560. The molecule has 2 saturated heterocycles. The lowest BCUT2D eigenvalue weighted by atomic mass is 9.95. The molecule has 0 saturated carbocycles. The minimum Gasteiger partial charge on any atom is -0.444 e. The van der Waals surface area contributed by atoms with E-state index in [2.05, 4.69) is 45.2 Å². The molecule has 0 unspecified atom stereocenters. The molecular formula is C25H31ClN4O4. The highest BCUT2D eigenvalue weighted by Crippen LogP contribution is 2.39. The van der Waals surface area contributed by atoms with Crippen LogP contribution in [0.15, 0.2) is 40.9 Å². The van der Waals surface area contributed by atoms with Crippen LogP contribution in [-0.2, 0) is 16.0 Å². The molecular weight excluding hydrogens is 456 g/mol. The van der Waals surface area contributed by atoms with Crippen LogP contribution in [0.2, 0.25) is 0 Å². The van der Waals surface area contributed by atoms with Crippen LogP contribution < -0.4 is 0 Å². The van der Waals surface area contributed by atoms with Crippen molar-refractivity contribution in [2.45, 2.75) is 76.3 Å². The van der Waals surface area contributed by atoms with Crippen molar-refractivity contribution in [2.75, 3.05) is 6.54 Å². The third-order valence-corrected chi connectivity index (χ3v) is 6.69. The van der Waals surface area contributed by atoms with Gasteiger partial charge in [-0.1, -0.05) is 29.8 Å². The number of amides is 1. The lowest BCUT2D eigenvalue weighted by Gasteiger charge is -2.31. The second-order valence-electron chi connectivity index (χ2n) is 10.2. The SMILES string of the molecule is CC(C)(C)OC(=O)N1CCC[C@H]1c1nnc([C@@H]2C[C@H](Cn3ccc4ccccc43)C[C@H](Cl)O2)o1. The summed E-state index contributed by atoms with van der Waals surface area (Å²) < 4.78 is 19.9. The zero-order valence-electron chi connectivity index (χ0n) is 19.8. The van der Waals surface area contributed by atoms with Crippen molar-refractivity contribution in [2.24, 2.45) is 5.92 Å². The van der Waals surface area contributed by atoms with Gasteiger partial charge in [0, 0.05) is 24.8 Å². The fourth-order valence-corrected chi connectivity index (χ4v) is 5.29. The summed E-state index contributed by atoms with van der Waals surface area (Å²) in [6.45, 7) is 7.02. The summed E-state index contributed by atoms with van der Waals surface area (Å²) in [6.07, 6.45) is 4.49. The number of hydrogen-bond acceptors (Lipinski definition) is 6. The fourth-order valence-electron chi connectivity index (χ4n) is 4.91. The van der Waals surface area contributed by atoms with Crippen molar-refractivity contribution in [1.82, 2.24) is 19.7 Å². The molecule has 2 aliphatic rings. The summed E-state index contributed by atoms with van der Waals surface area (Å²) in [5, 5.41) is 9.78. The Kier molecular flexibility index (Phi) is 6.29. The average molecular weight is 487 g/mol. The highest BCUT2D eigenvalue weighted by Gasteiger charge is 2.38. The second kappa shape index (κ2) is 9.23. The number of carbonyl (C=O) groups is 1. The summed E-state index contributed by atoms with van der Waals surface area (Å²) in [7, 11) is 0. The summed E-state index contributed by atoms with van der Waals surface area (Å²) in [4.78, 5) is 14.3. The van der Waals surface area contributed by atoms with Gasteiger partial charge in [0.2, 0.25) is 11.8 Å². The number of fused-ring (bicyclic) bond motifs is 1. The highest BCUT2D eigenvalue weighted by atomic mass is 35.5. The molecule has 0 radical (unpaired) electrons. The maximum absolute atomic E-state index is 12.7. The van der Waals surface area contributed by atoms with E-state index in [0.717, 1.165) is 32.2 Å². The number of carbonyl (C=O) groups excluding carboxylic acids is 1. The van der Waals surface area contributed by atoms with Crippen molar-refractivity contribution in [3.05, 3.63) is 48.3 Å². The van der Waals surface area contributed by atoms with Gasteiger partial charge in [0.05, 0.1) is 0 Å². The molecule has 3 aromatic rings. The Morgan fingerprint density at radius 3 is 2.79 bits per heavy atom. The van der Waals surface area contributed by atoms with Gasteiger partial charge >= 0.3 is 6.09 Å². The van der Waals surface area contributed by atoms with E-state index >= 15 is 0 Å². The molecule has 1 amide bonds. The van der Waals surface area contributed by atoms with Gasteiger partial charge in [0.25, 0.3) is 0 Å². The Morgan fingerprint density at radius 1 is 1.18 bits per heavy atom. The molecule has 0 N–H and O–H groups in total. The second-order valence-corrected chi connectivity index (χ2v) is 10.7. The third kappa shape index (κ3) is 4.93. The van der Waals surface area contributed by atoms with Gasteiger partial charge in [-0.05, 0) is 69.9 Å². The normalized spacial score (nSPS) is 25.7. The van der Waals surface area contributed by atoms with Gasteiger partial charge < -0.3 is 18.5 Å². The first-order valence-corrected chi connectivity index (χ1v) is 12.4. The summed E-state index contributed by atoms with van der Waals surface area (Å²) in [5.41, 5.74) is 0.223. The Balaban J connectivity index is 1.29. The molecule has 0 aliphatic carbocycles. The fraction of sp³-hybridized carbons (Fsp3) is 0.560. The molecule has 0 bridgehead atoms. The molecule has 9 heteroatoms. The lowest BCUT2D eigenvalue weighted by Crippen LogP contribution is -2.36. The summed E-state index contributed by atoms with van der Waals surface area (Å²) in [6, 6.07) is 10.2. The molecule has 0 spiro atoms. The Hall–Kier alpha value is -2.58. The number of nitrogens with zero attached hydrogens (tertiary/aromatic N) is 4. The van der Waals surface area contributed by atoms with Crippen LogP contribution in [0.5, 0.6) is 0 Å². The van der Waals surface area contributed by atoms with Gasteiger partial charge in [-0.25, -0.2) is 4.79 Å². The van der Waals surface area contributed by atoms with Gasteiger partial charge in [0.15, 0.2) is 0 Å². The number of para-hydroxylation sites is 1. The van der Waals surface area contributed by atoms with E-state index in [1.807, 2.05) is 26.8 Å². The van der Waals surface area contributed by atoms with E-state index < -0.39 is 11.2 Å². The number of alkyl halides is 1. The van der Waals surface area contributed by atoms with Crippen LogP contribution >= 0.6 is 11.6 Å². The Bertz CT molecular complexity index is 1150. The number of likely N-dealkylation sites (tertiary alicyclic amines) is 1. The van der Waals surface area contributed by atoms with Crippen LogP contribution in [0.25, 0.3) is 10.9 Å². The average Bonchev–Trinajstić information content (AvgIpc) is 3.52. The number of rotatable bonds is 4. The monoisotopic (exact) mass is 486 g/mol. The number of benzene rings is 1. The van der Waals surface area contributed by atoms with Crippen LogP contribution in [-0.4, -0.2) is 43.5 Å². The van der Waals surface area contributed by atoms with Crippen molar-refractivity contribution >= 4 is 28.6 Å². The molecule has 4 atom stereocenters. The topological polar surface area (TPSA) is 82.6 Å². The predicted octanol–water partition coefficient (Wildman–Crippen LogP) is 5.83. The summed E-state index contributed by atoms with van der Waals surface area (Å²) >= 11 is 6.48. The Labute approximate surface area is 204 Å². The van der Waals surface area contributed by atoms with Gasteiger partial charge in [0.1, 0.15) is 23.3 Å². The van der Waals surface area contributed by atoms with Crippen molar-refractivity contribution in [3.63, 3.8) is 0 Å². The van der Waals surface area contributed by atoms with Crippen LogP contribution in [0.1, 0.15) is 70.4 Å². The first-order valence-electron chi connectivity index (χ1n) is 11.9. The zero-order valence-corrected chi connectivity index (χ0v) is 20.6. The molecule has 2 aliphatic heterocycles. The van der Waals surface area contributed by atoms with E-state index in [-0.39, 0.29) is 18.2 Å². The lowest BCUT2D eigenvalue weighted by molar-refractivity contribution is -0.0501. The molecule has 8 nitrogen and oxygen atoms in total. The molecule has 182 valence electrons. The van der Waals surface area contributed by atoms with Gasteiger partial charge in [-0.15, -0.1) is 10.2 Å². The van der Waals surface area contributed by atoms with Crippen molar-refractivity contribution < 1.29 is 18.7 Å². The predicted molar refractivity (Wildman–Crippen MR) is 127 cm³/mol. The number of aromatic nitrogens is 3. The molecule has 1 aromatic carbocycles. The molecule has 2 fully saturated rings. The smallest absolute Gasteiger partial charge is 0.410 e. The highest BCUT2D eigenvalue weighted by molar-refractivity contribution is 6.19. The maximum Gasteiger partial charge on any atom is 0.410 e. The van der Waals surface area contributed by atoms with Gasteiger partial charge in [-0.3, -0.25) is 4.90 Å². The molecule has 5 rings (SSSR count). The van der Waals surface area contributed by atoms with E-state index in [4.69, 9.17) is 25.5 Å². The Morgan fingerprint density at radius 2 is 1.97 bits per heavy atom. The van der Waals surface area contributed by atoms with Crippen molar-refractivity contribution in [3.8, 4) is 0 Å². The zero-order chi connectivity index (χ0) is 23.9. The number of hydrogen-bond donors (Lipinski definition) is 0. The van der Waals surface area contributed by atoms with E-state index in [1.165, 1.54) is 10.9 Å². The van der Waals surface area contributed by atoms with Crippen molar-refractivity contribution in [1.29, 1.82) is 0 Å². The van der Waals surface area contributed by atoms with E-state index in [9.17, 15) is 4.79 Å². The minimum absolute atomic E-state index is 0.284. The van der Waals surface area contributed by atoms with Crippen LogP contribution in [0.4, 0.5) is 4.79 Å². The first kappa shape index (κ1) is 23.2. The molecule has 4 heterocycles. The van der Waals surface area contributed by atoms with Gasteiger partial charge in [-0.2, -0.15) is 0 Å². The molecule has 2 aromatic heterocycles. The largest absolute Gasteiger partial charge is 0.444 e. The maximum atomic E-state index is 12.7. The quantitative estimate of drug-likeness (QED) is 0.431.